The van der Waals surface area contributed by atoms with E-state index in [4.69, 9.17) is 5.73 Å². The largest absolute Gasteiger partial charge is 0.330 e. The first kappa shape index (κ1) is 9.55. The Balaban J connectivity index is 0. The van der Waals surface area contributed by atoms with E-state index in [0.717, 1.165) is 13.0 Å². The molecule has 0 rings (SSSR count). The summed E-state index contributed by atoms with van der Waals surface area (Å²) in [6.07, 6.45) is 1.10. The summed E-state index contributed by atoms with van der Waals surface area (Å²) in [6.45, 7) is 2.88. The second-order valence-corrected chi connectivity index (χ2v) is 0.789. The van der Waals surface area contributed by atoms with Crippen molar-refractivity contribution in [2.75, 3.05) is 6.54 Å². The van der Waals surface area contributed by atoms with E-state index in [9.17, 15) is 0 Å². The Labute approximate surface area is 44.4 Å². The van der Waals surface area contributed by atoms with Gasteiger partial charge in [-0.15, -0.1) is 12.8 Å². The Morgan fingerprint density at radius 3 is 1.67 bits per heavy atom. The van der Waals surface area contributed by atoms with Crippen molar-refractivity contribution in [1.29, 1.82) is 0 Å². The Bertz CT molecular complexity index is 10.8. The number of rotatable bonds is 1. The van der Waals surface area contributed by atoms with Gasteiger partial charge in [0, 0.05) is 0 Å². The molecule has 4 N–H and O–H groups in total. The Morgan fingerprint density at radius 2 is 1.67 bits per heavy atom. The lowest BCUT2D eigenvalue weighted by Gasteiger charge is -1.70. The predicted molar refractivity (Wildman–Crippen MR) is 32.5 cm³/mol. The van der Waals surface area contributed by atoms with E-state index < -0.39 is 0 Å². The maximum Gasteiger partial charge on any atom is -0.00799 e. The van der Waals surface area contributed by atoms with Crippen molar-refractivity contribution in [3.63, 3.8) is 0 Å². The lowest BCUT2D eigenvalue weighted by atomic mass is 10.5. The normalized spacial score (nSPS) is 6.00. The van der Waals surface area contributed by atoms with Gasteiger partial charge in [-0.05, 0) is 13.0 Å². The summed E-state index contributed by atoms with van der Waals surface area (Å²) >= 11 is 3.03. The molecular weight excluding hydrogens is 96.1 g/mol. The van der Waals surface area contributed by atoms with E-state index in [-0.39, 0.29) is 0 Å². The van der Waals surface area contributed by atoms with Crippen molar-refractivity contribution in [2.45, 2.75) is 13.3 Å². The zero-order valence-electron chi connectivity index (χ0n) is 4.02. The maximum absolute atomic E-state index is 5.03. The van der Waals surface area contributed by atoms with Crippen LogP contribution < -0.4 is 10.9 Å². The van der Waals surface area contributed by atoms with Crippen molar-refractivity contribution in [3.05, 3.63) is 0 Å². The lowest BCUT2D eigenvalue weighted by Crippen LogP contribution is -1.93. The molecule has 0 bridgehead atoms. The standard InChI is InChI=1S/C3H9N.H3NS/c1-2-3-4;1-2/h2-4H2,1H3;2H,1H2. The van der Waals surface area contributed by atoms with E-state index in [0.29, 0.717) is 0 Å². The number of nitrogens with two attached hydrogens (primary N) is 2. The molecule has 0 aromatic carbocycles. The summed E-state index contributed by atoms with van der Waals surface area (Å²) in [5.41, 5.74) is 5.03. The molecule has 0 aliphatic heterocycles. The van der Waals surface area contributed by atoms with Crippen molar-refractivity contribution >= 4 is 12.8 Å². The third kappa shape index (κ3) is 28.3. The van der Waals surface area contributed by atoms with Crippen LogP contribution >= 0.6 is 12.8 Å². The van der Waals surface area contributed by atoms with Crippen molar-refractivity contribution in [3.8, 4) is 0 Å². The first-order valence-corrected chi connectivity index (χ1v) is 2.39. The van der Waals surface area contributed by atoms with Crippen molar-refractivity contribution in [2.24, 2.45) is 10.9 Å². The second-order valence-electron chi connectivity index (χ2n) is 0.789. The highest BCUT2D eigenvalue weighted by atomic mass is 32.1. The Kier molecular flexibility index (Phi) is 29.7. The second kappa shape index (κ2) is 18.6. The molecule has 0 heterocycles. The highest BCUT2D eigenvalue weighted by molar-refractivity contribution is 7.77. The molecule has 0 radical (unpaired) electrons. The van der Waals surface area contributed by atoms with Gasteiger partial charge in [0.1, 0.15) is 0 Å². The molecule has 0 aromatic rings. The van der Waals surface area contributed by atoms with Gasteiger partial charge in [0.2, 0.25) is 0 Å². The van der Waals surface area contributed by atoms with Crippen LogP contribution in [-0.4, -0.2) is 6.54 Å². The topological polar surface area (TPSA) is 52.0 Å². The lowest BCUT2D eigenvalue weighted by molar-refractivity contribution is 0.932. The summed E-state index contributed by atoms with van der Waals surface area (Å²) in [6, 6.07) is 0. The fourth-order valence-electron chi connectivity index (χ4n) is 0. The molecule has 0 saturated heterocycles. The predicted octanol–water partition coefficient (Wildman–Crippen LogP) is 0.145. The fraction of sp³-hybridized carbons (Fsp3) is 1.00. The molecule has 0 atom stereocenters. The van der Waals surface area contributed by atoms with E-state index in [1.807, 2.05) is 0 Å². The van der Waals surface area contributed by atoms with Gasteiger partial charge >= 0.3 is 0 Å². The van der Waals surface area contributed by atoms with Crippen LogP contribution in [0.4, 0.5) is 0 Å². The van der Waals surface area contributed by atoms with E-state index in [1.54, 1.807) is 0 Å². The average molecular weight is 108 g/mol. The minimum atomic E-state index is 0.819. The number of hydrogen-bond donors (Lipinski definition) is 3. The van der Waals surface area contributed by atoms with Crippen molar-refractivity contribution in [1.82, 2.24) is 0 Å². The number of thiol groups is 1. The molecule has 0 fully saturated rings. The molecule has 40 valence electrons. The van der Waals surface area contributed by atoms with Crippen LogP contribution in [0.2, 0.25) is 0 Å². The zero-order valence-corrected chi connectivity index (χ0v) is 4.91. The average Bonchev–Trinajstić information content (AvgIpc) is 1.72. The molecular formula is C3H12N2S. The van der Waals surface area contributed by atoms with E-state index in [2.05, 4.69) is 24.9 Å². The van der Waals surface area contributed by atoms with Crippen LogP contribution in [0.1, 0.15) is 13.3 Å². The summed E-state index contributed by atoms with van der Waals surface area (Å²) in [4.78, 5) is 0. The maximum atomic E-state index is 5.03. The van der Waals surface area contributed by atoms with Gasteiger partial charge in [-0.25, -0.2) is 0 Å². The van der Waals surface area contributed by atoms with E-state index >= 15 is 0 Å². The quantitative estimate of drug-likeness (QED) is 0.419. The molecule has 0 aliphatic carbocycles. The molecule has 0 spiro atoms. The highest BCUT2D eigenvalue weighted by Crippen LogP contribution is 1.57. The smallest absolute Gasteiger partial charge is 0.00799 e. The summed E-state index contributed by atoms with van der Waals surface area (Å²) in [7, 11) is 0. The van der Waals surface area contributed by atoms with E-state index in [1.165, 1.54) is 0 Å². The summed E-state index contributed by atoms with van der Waals surface area (Å²) in [5, 5.41) is 4.19. The number of hydrogen-bond acceptors (Lipinski definition) is 3. The SMILES string of the molecule is CCCN.NS. The third-order valence-electron chi connectivity index (χ3n) is 0.289. The van der Waals surface area contributed by atoms with Gasteiger partial charge in [-0.2, -0.15) is 0 Å². The van der Waals surface area contributed by atoms with Gasteiger partial charge in [0.25, 0.3) is 0 Å². The van der Waals surface area contributed by atoms with Gasteiger partial charge in [-0.3, -0.25) is 5.14 Å². The van der Waals surface area contributed by atoms with Crippen LogP contribution in [-0.2, 0) is 0 Å². The van der Waals surface area contributed by atoms with Crippen LogP contribution in [0, 0.1) is 0 Å². The molecule has 0 aromatic heterocycles. The zero-order chi connectivity index (χ0) is 5.41. The minimum Gasteiger partial charge on any atom is -0.330 e. The van der Waals surface area contributed by atoms with Gasteiger partial charge in [-0.1, -0.05) is 6.92 Å². The molecule has 2 nitrogen and oxygen atoms in total. The van der Waals surface area contributed by atoms with Crippen LogP contribution in [0.25, 0.3) is 0 Å². The highest BCUT2D eigenvalue weighted by Gasteiger charge is 1.55. The third-order valence-corrected chi connectivity index (χ3v) is 0.289. The van der Waals surface area contributed by atoms with Gasteiger partial charge in [0.05, 0.1) is 0 Å². The first-order valence-electron chi connectivity index (χ1n) is 1.87. The molecule has 0 saturated carbocycles. The van der Waals surface area contributed by atoms with Crippen LogP contribution in [0.3, 0.4) is 0 Å². The van der Waals surface area contributed by atoms with Gasteiger partial charge in [0.15, 0.2) is 0 Å². The molecule has 0 amide bonds. The monoisotopic (exact) mass is 108 g/mol. The summed E-state index contributed by atoms with van der Waals surface area (Å²) in [5.74, 6) is 0. The minimum absolute atomic E-state index is 0.819. The molecule has 6 heavy (non-hydrogen) atoms. The molecule has 0 aliphatic rings. The molecule has 0 unspecified atom stereocenters. The van der Waals surface area contributed by atoms with Crippen LogP contribution in [0.15, 0.2) is 0 Å². The Hall–Kier alpha value is 0.270. The van der Waals surface area contributed by atoms with Crippen LogP contribution in [0.5, 0.6) is 0 Å². The summed E-state index contributed by atoms with van der Waals surface area (Å²) < 4.78 is 0. The fourth-order valence-corrected chi connectivity index (χ4v) is 0. The van der Waals surface area contributed by atoms with Crippen molar-refractivity contribution < 1.29 is 0 Å². The first-order chi connectivity index (χ1) is 2.91. The molecule has 3 heteroatoms. The Morgan fingerprint density at radius 1 is 1.50 bits per heavy atom. The van der Waals surface area contributed by atoms with Gasteiger partial charge < -0.3 is 5.73 Å².